The maximum atomic E-state index is 12.8. The van der Waals surface area contributed by atoms with Gasteiger partial charge >= 0.3 is 0 Å². The number of aliphatic hydroxyl groups excluding tert-OH is 1. The van der Waals surface area contributed by atoms with Crippen molar-refractivity contribution in [2.75, 3.05) is 19.4 Å². The molecule has 0 spiro atoms. The van der Waals surface area contributed by atoms with Crippen molar-refractivity contribution in [3.8, 4) is 0 Å². The monoisotopic (exact) mass is 329 g/mol. The molecule has 0 saturated carbocycles. The van der Waals surface area contributed by atoms with Gasteiger partial charge in [0.25, 0.3) is 5.92 Å². The van der Waals surface area contributed by atoms with Gasteiger partial charge in [0.1, 0.15) is 6.61 Å². The van der Waals surface area contributed by atoms with Gasteiger partial charge in [-0.05, 0) is 24.3 Å². The van der Waals surface area contributed by atoms with Crippen molar-refractivity contribution in [1.29, 1.82) is 0 Å². The fraction of sp³-hybridized carbons (Fsp3) is 0.400. The van der Waals surface area contributed by atoms with E-state index in [0.717, 1.165) is 30.5 Å². The average Bonchev–Trinajstić information content (AvgIpc) is 2.36. The molecule has 0 amide bonds. The van der Waals surface area contributed by atoms with Crippen LogP contribution in [0.2, 0.25) is 0 Å². The predicted molar refractivity (Wildman–Crippen MR) is 66.8 cm³/mol. The van der Waals surface area contributed by atoms with E-state index in [0.29, 0.717) is 0 Å². The first kappa shape index (κ1) is 17.0. The minimum Gasteiger partial charge on any atom is -0.390 e. The first-order chi connectivity index (χ1) is 8.98. The van der Waals surface area contributed by atoms with Gasteiger partial charge in [-0.1, -0.05) is 0 Å². The number of hydrogen-bond acceptors (Lipinski definition) is 5. The number of alkyl halides is 2. The Balaban J connectivity index is 2.94. The van der Waals surface area contributed by atoms with Crippen molar-refractivity contribution in [2.24, 2.45) is 0 Å². The second kappa shape index (κ2) is 5.72. The van der Waals surface area contributed by atoms with Crippen LogP contribution in [0.15, 0.2) is 34.1 Å². The third-order valence-corrected chi connectivity index (χ3v) is 4.86. The number of hydrogen-bond donors (Lipinski definition) is 2. The Hall–Kier alpha value is -1.10. The number of benzene rings is 1. The molecule has 1 aromatic carbocycles. The summed E-state index contributed by atoms with van der Waals surface area (Å²) < 4.78 is 72.9. The molecule has 0 bridgehead atoms. The lowest BCUT2D eigenvalue weighted by Crippen LogP contribution is -2.38. The highest BCUT2D eigenvalue weighted by molar-refractivity contribution is 7.90. The van der Waals surface area contributed by atoms with Crippen LogP contribution in [-0.2, 0) is 19.9 Å². The third kappa shape index (κ3) is 4.47. The van der Waals surface area contributed by atoms with Crippen LogP contribution in [0.3, 0.4) is 0 Å². The molecule has 0 radical (unpaired) electrons. The van der Waals surface area contributed by atoms with Gasteiger partial charge in [0, 0.05) is 6.26 Å². The smallest absolute Gasteiger partial charge is 0.283 e. The highest BCUT2D eigenvalue weighted by atomic mass is 32.2. The zero-order chi connectivity index (χ0) is 15.6. The Morgan fingerprint density at radius 1 is 1.10 bits per heavy atom. The number of rotatable bonds is 6. The predicted octanol–water partition coefficient (Wildman–Crippen LogP) is -0.00400. The Bertz CT molecular complexity index is 668. The largest absolute Gasteiger partial charge is 0.390 e. The van der Waals surface area contributed by atoms with Gasteiger partial charge in [0.05, 0.1) is 16.3 Å². The quantitative estimate of drug-likeness (QED) is 0.765. The molecule has 1 rings (SSSR count). The minimum atomic E-state index is -4.20. The van der Waals surface area contributed by atoms with Crippen molar-refractivity contribution in [1.82, 2.24) is 4.72 Å². The summed E-state index contributed by atoms with van der Waals surface area (Å²) in [5.74, 6) is -3.57. The standard InChI is InChI=1S/C10H13F2NO5S2/c1-19(15,16)8-2-4-9(5-3-8)20(17,18)13-6-10(11,12)7-14/h2-5,13-14H,6-7H2,1H3. The van der Waals surface area contributed by atoms with Crippen LogP contribution in [0, 0.1) is 0 Å². The molecule has 0 aliphatic rings. The van der Waals surface area contributed by atoms with E-state index in [2.05, 4.69) is 0 Å². The van der Waals surface area contributed by atoms with Crippen molar-refractivity contribution in [3.05, 3.63) is 24.3 Å². The number of sulfone groups is 1. The lowest BCUT2D eigenvalue weighted by atomic mass is 10.4. The Kier molecular flexibility index (Phi) is 4.85. The molecule has 0 saturated heterocycles. The summed E-state index contributed by atoms with van der Waals surface area (Å²) in [5.41, 5.74) is 0. The number of sulfonamides is 1. The summed E-state index contributed by atoms with van der Waals surface area (Å²) >= 11 is 0. The molecule has 0 fully saturated rings. The molecule has 0 aliphatic carbocycles. The van der Waals surface area contributed by atoms with Gasteiger partial charge in [-0.25, -0.2) is 30.3 Å². The summed E-state index contributed by atoms with van der Waals surface area (Å²) in [6, 6.07) is 4.12. The number of aliphatic hydroxyl groups is 1. The fourth-order valence-corrected chi connectivity index (χ4v) is 2.90. The molecule has 0 atom stereocenters. The Morgan fingerprint density at radius 2 is 1.55 bits per heavy atom. The van der Waals surface area contributed by atoms with E-state index in [1.54, 1.807) is 4.72 Å². The zero-order valence-corrected chi connectivity index (χ0v) is 12.0. The van der Waals surface area contributed by atoms with E-state index < -0.39 is 38.9 Å². The van der Waals surface area contributed by atoms with Crippen LogP contribution in [0.25, 0.3) is 0 Å². The van der Waals surface area contributed by atoms with Crippen LogP contribution in [0.5, 0.6) is 0 Å². The summed E-state index contributed by atoms with van der Waals surface area (Å²) in [5, 5.41) is 8.34. The average molecular weight is 329 g/mol. The van der Waals surface area contributed by atoms with E-state index in [1.165, 1.54) is 0 Å². The summed E-state index contributed by atoms with van der Waals surface area (Å²) in [6.45, 7) is -2.73. The molecule has 6 nitrogen and oxygen atoms in total. The van der Waals surface area contributed by atoms with Crippen molar-refractivity contribution >= 4 is 19.9 Å². The Morgan fingerprint density at radius 3 is 1.95 bits per heavy atom. The lowest BCUT2D eigenvalue weighted by Gasteiger charge is -2.14. The second-order valence-corrected chi connectivity index (χ2v) is 7.86. The lowest BCUT2D eigenvalue weighted by molar-refractivity contribution is -0.0437. The van der Waals surface area contributed by atoms with Gasteiger partial charge in [-0.15, -0.1) is 0 Å². The van der Waals surface area contributed by atoms with Gasteiger partial charge in [0.2, 0.25) is 10.0 Å². The van der Waals surface area contributed by atoms with Crippen LogP contribution < -0.4 is 4.72 Å². The molecular weight excluding hydrogens is 316 g/mol. The minimum absolute atomic E-state index is 0.0860. The second-order valence-electron chi connectivity index (χ2n) is 4.08. The van der Waals surface area contributed by atoms with Crippen LogP contribution in [0.4, 0.5) is 8.78 Å². The van der Waals surface area contributed by atoms with Crippen LogP contribution >= 0.6 is 0 Å². The first-order valence-corrected chi connectivity index (χ1v) is 8.64. The molecule has 0 heterocycles. The molecule has 20 heavy (non-hydrogen) atoms. The summed E-state index contributed by atoms with van der Waals surface area (Å²) in [4.78, 5) is -0.434. The maximum Gasteiger partial charge on any atom is 0.283 e. The van der Waals surface area contributed by atoms with Gasteiger partial charge in [-0.2, -0.15) is 0 Å². The van der Waals surface area contributed by atoms with E-state index in [1.807, 2.05) is 0 Å². The normalized spacial score (nSPS) is 13.4. The fourth-order valence-electron chi connectivity index (χ4n) is 1.21. The van der Waals surface area contributed by atoms with E-state index in [-0.39, 0.29) is 9.79 Å². The van der Waals surface area contributed by atoms with Gasteiger partial charge in [0.15, 0.2) is 9.84 Å². The Labute approximate surface area is 115 Å². The van der Waals surface area contributed by atoms with Crippen molar-refractivity contribution < 1.29 is 30.7 Å². The molecular formula is C10H13F2NO5S2. The van der Waals surface area contributed by atoms with Crippen LogP contribution in [-0.4, -0.2) is 47.3 Å². The topological polar surface area (TPSA) is 101 Å². The highest BCUT2D eigenvalue weighted by Gasteiger charge is 2.30. The molecule has 114 valence electrons. The molecule has 10 heteroatoms. The SMILES string of the molecule is CS(=O)(=O)c1ccc(S(=O)(=O)NCC(F)(F)CO)cc1. The van der Waals surface area contributed by atoms with Gasteiger partial charge < -0.3 is 5.11 Å². The van der Waals surface area contributed by atoms with E-state index in [4.69, 9.17) is 5.11 Å². The molecule has 0 unspecified atom stereocenters. The summed E-state index contributed by atoms with van der Waals surface area (Å²) in [7, 11) is -7.67. The molecule has 0 aromatic heterocycles. The molecule has 0 aliphatic heterocycles. The molecule has 2 N–H and O–H groups in total. The number of nitrogens with one attached hydrogen (secondary N) is 1. The van der Waals surface area contributed by atoms with Gasteiger partial charge in [-0.3, -0.25) is 0 Å². The third-order valence-electron chi connectivity index (χ3n) is 2.31. The number of halogens is 2. The van der Waals surface area contributed by atoms with Crippen molar-refractivity contribution in [3.63, 3.8) is 0 Å². The zero-order valence-electron chi connectivity index (χ0n) is 10.4. The molecule has 1 aromatic rings. The highest BCUT2D eigenvalue weighted by Crippen LogP contribution is 2.16. The van der Waals surface area contributed by atoms with E-state index >= 15 is 0 Å². The first-order valence-electron chi connectivity index (χ1n) is 5.26. The van der Waals surface area contributed by atoms with E-state index in [9.17, 15) is 25.6 Å². The summed E-state index contributed by atoms with van der Waals surface area (Å²) in [6.07, 6.45) is 0.955. The van der Waals surface area contributed by atoms with Crippen molar-refractivity contribution in [2.45, 2.75) is 15.7 Å². The maximum absolute atomic E-state index is 12.8. The van der Waals surface area contributed by atoms with Crippen LogP contribution in [0.1, 0.15) is 0 Å².